The first kappa shape index (κ1) is 8.74. The van der Waals surface area contributed by atoms with Gasteiger partial charge in [-0.2, -0.15) is 0 Å². The minimum absolute atomic E-state index is 0.468. The Morgan fingerprint density at radius 1 is 1.73 bits per heavy atom. The summed E-state index contributed by atoms with van der Waals surface area (Å²) >= 11 is 5.07. The Morgan fingerprint density at radius 2 is 2.45 bits per heavy atom. The smallest absolute Gasteiger partial charge is 0.168 e. The van der Waals surface area contributed by atoms with Gasteiger partial charge in [0.15, 0.2) is 5.11 Å². The summed E-state index contributed by atoms with van der Waals surface area (Å²) in [6.45, 7) is 1.67. The van der Waals surface area contributed by atoms with Crippen LogP contribution in [0.25, 0.3) is 0 Å². The number of thiocarbonyl (C=S) groups is 1. The van der Waals surface area contributed by atoms with Gasteiger partial charge in [0.25, 0.3) is 0 Å². The predicted octanol–water partition coefficient (Wildman–Crippen LogP) is 0.211. The molecular formula is C7H14N2OS. The highest BCUT2D eigenvalue weighted by Gasteiger charge is 2.21. The molecule has 11 heavy (non-hydrogen) atoms. The van der Waals surface area contributed by atoms with Crippen LogP contribution in [0.15, 0.2) is 0 Å². The number of ether oxygens (including phenoxy) is 1. The van der Waals surface area contributed by atoms with E-state index >= 15 is 0 Å². The van der Waals surface area contributed by atoms with Gasteiger partial charge in [0.1, 0.15) is 0 Å². The van der Waals surface area contributed by atoms with Crippen molar-refractivity contribution in [3.05, 3.63) is 0 Å². The summed E-state index contributed by atoms with van der Waals surface area (Å²) in [7, 11) is 3.84. The van der Waals surface area contributed by atoms with Gasteiger partial charge in [-0.05, 0) is 18.6 Å². The molecule has 1 atom stereocenters. The largest absolute Gasteiger partial charge is 0.379 e. The Hall–Kier alpha value is -0.350. The average Bonchev–Trinajstić information content (AvgIpc) is 2.53. The number of hydrogen-bond acceptors (Lipinski definition) is 2. The van der Waals surface area contributed by atoms with Crippen molar-refractivity contribution >= 4 is 17.3 Å². The van der Waals surface area contributed by atoms with Gasteiger partial charge in [-0.15, -0.1) is 0 Å². The molecule has 0 aliphatic carbocycles. The Labute approximate surface area is 72.7 Å². The highest BCUT2D eigenvalue weighted by molar-refractivity contribution is 7.80. The van der Waals surface area contributed by atoms with Crippen LogP contribution >= 0.6 is 12.2 Å². The van der Waals surface area contributed by atoms with Gasteiger partial charge in [0, 0.05) is 20.7 Å². The molecule has 1 unspecified atom stereocenters. The average molecular weight is 174 g/mol. The van der Waals surface area contributed by atoms with Crippen molar-refractivity contribution in [2.45, 2.75) is 12.5 Å². The number of likely N-dealkylation sites (N-methyl/N-ethyl adjacent to an activating group) is 1. The number of nitrogens with one attached hydrogen (secondary N) is 1. The first-order valence-electron chi connectivity index (χ1n) is 3.78. The van der Waals surface area contributed by atoms with Crippen LogP contribution in [0.4, 0.5) is 0 Å². The van der Waals surface area contributed by atoms with Crippen molar-refractivity contribution in [3.8, 4) is 0 Å². The second-order valence-electron chi connectivity index (χ2n) is 2.68. The van der Waals surface area contributed by atoms with Gasteiger partial charge >= 0.3 is 0 Å². The predicted molar refractivity (Wildman–Crippen MR) is 48.6 cm³/mol. The Balaban J connectivity index is 2.39. The molecule has 3 nitrogen and oxygen atoms in total. The maximum absolute atomic E-state index is 5.24. The van der Waals surface area contributed by atoms with E-state index in [0.717, 1.165) is 24.7 Å². The van der Waals surface area contributed by atoms with Gasteiger partial charge in [0.2, 0.25) is 0 Å². The molecule has 0 aromatic carbocycles. The number of hydrogen-bond donors (Lipinski definition) is 1. The fourth-order valence-electron chi connectivity index (χ4n) is 1.17. The van der Waals surface area contributed by atoms with E-state index in [-0.39, 0.29) is 0 Å². The van der Waals surface area contributed by atoms with Crippen molar-refractivity contribution in [1.82, 2.24) is 10.2 Å². The first-order valence-corrected chi connectivity index (χ1v) is 4.19. The molecular weight excluding hydrogens is 160 g/mol. The van der Waals surface area contributed by atoms with E-state index in [0.29, 0.717) is 6.04 Å². The van der Waals surface area contributed by atoms with E-state index in [1.54, 1.807) is 0 Å². The lowest BCUT2D eigenvalue weighted by Gasteiger charge is -2.24. The highest BCUT2D eigenvalue weighted by Crippen LogP contribution is 2.09. The molecule has 1 aliphatic heterocycles. The summed E-state index contributed by atoms with van der Waals surface area (Å²) in [6.07, 6.45) is 1.08. The molecule has 0 spiro atoms. The lowest BCUT2D eigenvalue weighted by Crippen LogP contribution is -2.42. The van der Waals surface area contributed by atoms with Crippen molar-refractivity contribution < 1.29 is 4.74 Å². The second kappa shape index (κ2) is 3.88. The summed E-state index contributed by atoms with van der Waals surface area (Å²) < 4.78 is 5.24. The maximum Gasteiger partial charge on any atom is 0.168 e. The quantitative estimate of drug-likeness (QED) is 0.574. The SMILES string of the molecule is CNC(=S)N(C)C1CCOC1. The summed E-state index contributed by atoms with van der Waals surface area (Å²) in [5.74, 6) is 0. The molecule has 1 saturated heterocycles. The van der Waals surface area contributed by atoms with Crippen LogP contribution in [-0.2, 0) is 4.74 Å². The summed E-state index contributed by atoms with van der Waals surface area (Å²) in [5, 5.41) is 3.74. The van der Waals surface area contributed by atoms with Crippen LogP contribution in [-0.4, -0.2) is 43.4 Å². The van der Waals surface area contributed by atoms with Gasteiger partial charge in [0.05, 0.1) is 12.6 Å². The molecule has 64 valence electrons. The van der Waals surface area contributed by atoms with Crippen molar-refractivity contribution in [2.24, 2.45) is 0 Å². The highest BCUT2D eigenvalue weighted by atomic mass is 32.1. The van der Waals surface area contributed by atoms with E-state index in [1.165, 1.54) is 0 Å². The molecule has 0 amide bonds. The van der Waals surface area contributed by atoms with Crippen LogP contribution in [0.1, 0.15) is 6.42 Å². The van der Waals surface area contributed by atoms with E-state index in [9.17, 15) is 0 Å². The third kappa shape index (κ3) is 2.04. The number of nitrogens with zero attached hydrogens (tertiary/aromatic N) is 1. The molecule has 1 N–H and O–H groups in total. The Morgan fingerprint density at radius 3 is 2.91 bits per heavy atom. The zero-order chi connectivity index (χ0) is 8.27. The molecule has 0 bridgehead atoms. The molecule has 1 heterocycles. The summed E-state index contributed by atoms with van der Waals surface area (Å²) in [4.78, 5) is 2.06. The molecule has 0 saturated carbocycles. The van der Waals surface area contributed by atoms with E-state index in [4.69, 9.17) is 17.0 Å². The number of rotatable bonds is 1. The fraction of sp³-hybridized carbons (Fsp3) is 0.857. The molecule has 1 rings (SSSR count). The standard InChI is InChI=1S/C7H14N2OS/c1-8-7(11)9(2)6-3-4-10-5-6/h6H,3-5H2,1-2H3,(H,8,11). The molecule has 4 heteroatoms. The molecule has 0 aromatic rings. The van der Waals surface area contributed by atoms with Gasteiger partial charge < -0.3 is 15.0 Å². The van der Waals surface area contributed by atoms with Crippen LogP contribution in [0.5, 0.6) is 0 Å². The monoisotopic (exact) mass is 174 g/mol. The molecule has 1 aliphatic rings. The normalized spacial score (nSPS) is 23.3. The Kier molecular flexibility index (Phi) is 3.08. The Bertz CT molecular complexity index is 145. The summed E-state index contributed by atoms with van der Waals surface area (Å²) in [5.41, 5.74) is 0. The molecule has 1 fully saturated rings. The minimum atomic E-state index is 0.468. The molecule has 0 aromatic heterocycles. The molecule has 0 radical (unpaired) electrons. The van der Waals surface area contributed by atoms with Gasteiger partial charge in [-0.3, -0.25) is 0 Å². The van der Waals surface area contributed by atoms with Crippen LogP contribution in [0.3, 0.4) is 0 Å². The summed E-state index contributed by atoms with van der Waals surface area (Å²) in [6, 6.07) is 0.468. The van der Waals surface area contributed by atoms with Crippen molar-refractivity contribution in [3.63, 3.8) is 0 Å². The third-order valence-electron chi connectivity index (χ3n) is 1.99. The van der Waals surface area contributed by atoms with E-state index < -0.39 is 0 Å². The fourth-order valence-corrected chi connectivity index (χ4v) is 1.32. The lowest BCUT2D eigenvalue weighted by molar-refractivity contribution is 0.179. The van der Waals surface area contributed by atoms with E-state index in [2.05, 4.69) is 10.2 Å². The zero-order valence-corrected chi connectivity index (χ0v) is 7.78. The topological polar surface area (TPSA) is 24.5 Å². The van der Waals surface area contributed by atoms with Gasteiger partial charge in [-0.25, -0.2) is 0 Å². The third-order valence-corrected chi connectivity index (χ3v) is 2.48. The van der Waals surface area contributed by atoms with Crippen LogP contribution < -0.4 is 5.32 Å². The first-order chi connectivity index (χ1) is 5.25. The van der Waals surface area contributed by atoms with Crippen molar-refractivity contribution in [1.29, 1.82) is 0 Å². The van der Waals surface area contributed by atoms with E-state index in [1.807, 2.05) is 14.1 Å². The van der Waals surface area contributed by atoms with Gasteiger partial charge in [-0.1, -0.05) is 0 Å². The van der Waals surface area contributed by atoms with Crippen LogP contribution in [0, 0.1) is 0 Å². The zero-order valence-electron chi connectivity index (χ0n) is 6.96. The lowest BCUT2D eigenvalue weighted by atomic mass is 10.2. The maximum atomic E-state index is 5.24. The minimum Gasteiger partial charge on any atom is -0.379 e. The second-order valence-corrected chi connectivity index (χ2v) is 3.07. The van der Waals surface area contributed by atoms with Crippen LogP contribution in [0.2, 0.25) is 0 Å². The van der Waals surface area contributed by atoms with Crippen molar-refractivity contribution in [2.75, 3.05) is 27.3 Å².